The molecule has 0 heterocycles. The SMILES string of the molecule is Cc1cc(N)c(NCC(C)O)c(Cl)c1F. The maximum atomic E-state index is 13.4. The average Bonchev–Trinajstić information content (AvgIpc) is 2.14. The molecule has 0 fully saturated rings. The Morgan fingerprint density at radius 2 is 2.27 bits per heavy atom. The molecular formula is C10H14ClFN2O. The molecule has 0 saturated heterocycles. The maximum absolute atomic E-state index is 13.4. The van der Waals surface area contributed by atoms with E-state index in [0.717, 1.165) is 0 Å². The molecule has 4 N–H and O–H groups in total. The third kappa shape index (κ3) is 2.73. The van der Waals surface area contributed by atoms with Crippen molar-refractivity contribution in [1.29, 1.82) is 0 Å². The van der Waals surface area contributed by atoms with Gasteiger partial charge in [-0.3, -0.25) is 0 Å². The van der Waals surface area contributed by atoms with Crippen molar-refractivity contribution in [2.75, 3.05) is 17.6 Å². The first-order valence-electron chi connectivity index (χ1n) is 4.59. The summed E-state index contributed by atoms with van der Waals surface area (Å²) in [6.45, 7) is 3.48. The van der Waals surface area contributed by atoms with E-state index in [4.69, 9.17) is 22.4 Å². The molecular weight excluding hydrogens is 219 g/mol. The van der Waals surface area contributed by atoms with Crippen molar-refractivity contribution in [1.82, 2.24) is 0 Å². The lowest BCUT2D eigenvalue weighted by Gasteiger charge is -2.14. The Hall–Kier alpha value is -1.00. The minimum absolute atomic E-state index is 0.0341. The standard InChI is InChI=1S/C10H14ClFN2O/c1-5-3-7(13)10(8(11)9(5)12)14-4-6(2)15/h3,6,14-15H,4,13H2,1-2H3. The van der Waals surface area contributed by atoms with Gasteiger partial charge >= 0.3 is 0 Å². The molecule has 0 saturated carbocycles. The lowest BCUT2D eigenvalue weighted by Crippen LogP contribution is -2.16. The number of halogens is 2. The quantitative estimate of drug-likeness (QED) is 0.700. The van der Waals surface area contributed by atoms with E-state index < -0.39 is 11.9 Å². The van der Waals surface area contributed by atoms with Gasteiger partial charge in [-0.05, 0) is 25.5 Å². The van der Waals surface area contributed by atoms with E-state index in [9.17, 15) is 4.39 Å². The second kappa shape index (κ2) is 4.68. The summed E-state index contributed by atoms with van der Waals surface area (Å²) < 4.78 is 13.4. The molecule has 84 valence electrons. The van der Waals surface area contributed by atoms with Crippen molar-refractivity contribution in [3.8, 4) is 0 Å². The van der Waals surface area contributed by atoms with Crippen molar-refractivity contribution in [2.45, 2.75) is 20.0 Å². The molecule has 1 unspecified atom stereocenters. The second-order valence-corrected chi connectivity index (χ2v) is 3.89. The van der Waals surface area contributed by atoms with Crippen LogP contribution in [0.5, 0.6) is 0 Å². The van der Waals surface area contributed by atoms with Gasteiger partial charge in [0.05, 0.1) is 17.5 Å². The average molecular weight is 233 g/mol. The van der Waals surface area contributed by atoms with E-state index >= 15 is 0 Å². The van der Waals surface area contributed by atoms with Gasteiger partial charge in [0.2, 0.25) is 0 Å². The highest BCUT2D eigenvalue weighted by Gasteiger charge is 2.13. The molecule has 0 aliphatic carbocycles. The minimum Gasteiger partial charge on any atom is -0.397 e. The van der Waals surface area contributed by atoms with E-state index in [1.165, 1.54) is 6.07 Å². The number of nitrogen functional groups attached to an aromatic ring is 1. The van der Waals surface area contributed by atoms with Crippen molar-refractivity contribution >= 4 is 23.0 Å². The Balaban J connectivity index is 3.02. The highest BCUT2D eigenvalue weighted by Crippen LogP contribution is 2.32. The predicted octanol–water partition coefficient (Wildman–Crippen LogP) is 2.16. The normalized spacial score (nSPS) is 12.6. The van der Waals surface area contributed by atoms with Crippen LogP contribution < -0.4 is 11.1 Å². The summed E-state index contributed by atoms with van der Waals surface area (Å²) in [4.78, 5) is 0. The molecule has 1 rings (SSSR count). The van der Waals surface area contributed by atoms with Gasteiger partial charge in [0.25, 0.3) is 0 Å². The van der Waals surface area contributed by atoms with Crippen LogP contribution in [0, 0.1) is 12.7 Å². The molecule has 0 amide bonds. The number of hydrogen-bond acceptors (Lipinski definition) is 3. The fraction of sp³-hybridized carbons (Fsp3) is 0.400. The number of aliphatic hydroxyl groups excluding tert-OH is 1. The highest BCUT2D eigenvalue weighted by molar-refractivity contribution is 6.34. The smallest absolute Gasteiger partial charge is 0.146 e. The fourth-order valence-corrected chi connectivity index (χ4v) is 1.53. The lowest BCUT2D eigenvalue weighted by molar-refractivity contribution is 0.208. The summed E-state index contributed by atoms with van der Waals surface area (Å²) >= 11 is 5.79. The zero-order valence-electron chi connectivity index (χ0n) is 8.64. The van der Waals surface area contributed by atoms with Gasteiger partial charge in [0.1, 0.15) is 10.8 Å². The molecule has 0 aliphatic heterocycles. The molecule has 15 heavy (non-hydrogen) atoms. The molecule has 0 spiro atoms. The van der Waals surface area contributed by atoms with E-state index in [-0.39, 0.29) is 11.6 Å². The third-order valence-corrected chi connectivity index (χ3v) is 2.35. The third-order valence-electron chi connectivity index (χ3n) is 1.99. The predicted molar refractivity (Wildman–Crippen MR) is 60.7 cm³/mol. The highest BCUT2D eigenvalue weighted by atomic mass is 35.5. The summed E-state index contributed by atoms with van der Waals surface area (Å²) in [6.07, 6.45) is -0.551. The van der Waals surface area contributed by atoms with Gasteiger partial charge in [-0.1, -0.05) is 11.6 Å². The lowest BCUT2D eigenvalue weighted by atomic mass is 10.1. The molecule has 1 aromatic rings. The Kier molecular flexibility index (Phi) is 3.77. The van der Waals surface area contributed by atoms with Gasteiger partial charge in [0.15, 0.2) is 0 Å². The summed E-state index contributed by atoms with van der Waals surface area (Å²) in [5, 5.41) is 11.8. The summed E-state index contributed by atoms with van der Waals surface area (Å²) in [5.74, 6) is -0.487. The second-order valence-electron chi connectivity index (χ2n) is 3.52. The van der Waals surface area contributed by atoms with Gasteiger partial charge < -0.3 is 16.2 Å². The largest absolute Gasteiger partial charge is 0.397 e. The van der Waals surface area contributed by atoms with Gasteiger partial charge in [0, 0.05) is 6.54 Å². The first-order valence-corrected chi connectivity index (χ1v) is 4.97. The maximum Gasteiger partial charge on any atom is 0.146 e. The Labute approximate surface area is 93.0 Å². The molecule has 1 aromatic carbocycles. The number of aliphatic hydroxyl groups is 1. The Morgan fingerprint density at radius 3 is 2.80 bits per heavy atom. The molecule has 0 radical (unpaired) electrons. The van der Waals surface area contributed by atoms with Crippen LogP contribution >= 0.6 is 11.6 Å². The van der Waals surface area contributed by atoms with Crippen molar-refractivity contribution in [2.24, 2.45) is 0 Å². The van der Waals surface area contributed by atoms with E-state index in [0.29, 0.717) is 16.9 Å². The Bertz CT molecular complexity index is 369. The van der Waals surface area contributed by atoms with Crippen LogP contribution in [0.1, 0.15) is 12.5 Å². The first-order chi connectivity index (χ1) is 6.93. The van der Waals surface area contributed by atoms with E-state index in [1.807, 2.05) is 0 Å². The van der Waals surface area contributed by atoms with E-state index in [1.54, 1.807) is 13.8 Å². The zero-order valence-corrected chi connectivity index (χ0v) is 9.40. The summed E-state index contributed by atoms with van der Waals surface area (Å²) in [7, 11) is 0. The number of nitrogens with two attached hydrogens (primary N) is 1. The van der Waals surface area contributed by atoms with Crippen LogP contribution in [0.2, 0.25) is 5.02 Å². The number of anilines is 2. The van der Waals surface area contributed by atoms with Crippen LogP contribution in [0.25, 0.3) is 0 Å². The number of benzene rings is 1. The van der Waals surface area contributed by atoms with Gasteiger partial charge in [-0.2, -0.15) is 0 Å². The summed E-state index contributed by atoms with van der Waals surface area (Å²) in [6, 6.07) is 1.51. The number of nitrogens with one attached hydrogen (secondary N) is 1. The van der Waals surface area contributed by atoms with Gasteiger partial charge in [-0.25, -0.2) is 4.39 Å². The van der Waals surface area contributed by atoms with Crippen LogP contribution in [0.4, 0.5) is 15.8 Å². The van der Waals surface area contributed by atoms with Crippen molar-refractivity contribution < 1.29 is 9.50 Å². The van der Waals surface area contributed by atoms with Gasteiger partial charge in [-0.15, -0.1) is 0 Å². The molecule has 0 aromatic heterocycles. The minimum atomic E-state index is -0.551. The summed E-state index contributed by atoms with van der Waals surface area (Å²) in [5.41, 5.74) is 6.79. The monoisotopic (exact) mass is 232 g/mol. The van der Waals surface area contributed by atoms with E-state index in [2.05, 4.69) is 5.32 Å². The van der Waals surface area contributed by atoms with Crippen LogP contribution in [-0.2, 0) is 0 Å². The molecule has 0 bridgehead atoms. The number of hydrogen-bond donors (Lipinski definition) is 3. The van der Waals surface area contributed by atoms with Crippen LogP contribution in [-0.4, -0.2) is 17.8 Å². The zero-order chi connectivity index (χ0) is 11.6. The molecule has 5 heteroatoms. The molecule has 1 atom stereocenters. The van der Waals surface area contributed by atoms with Crippen LogP contribution in [0.15, 0.2) is 6.07 Å². The number of aryl methyl sites for hydroxylation is 1. The number of rotatable bonds is 3. The van der Waals surface area contributed by atoms with Crippen molar-refractivity contribution in [3.05, 3.63) is 22.5 Å². The van der Waals surface area contributed by atoms with Crippen molar-refractivity contribution in [3.63, 3.8) is 0 Å². The van der Waals surface area contributed by atoms with Crippen LogP contribution in [0.3, 0.4) is 0 Å². The first kappa shape index (κ1) is 12.1. The molecule has 3 nitrogen and oxygen atoms in total. The molecule has 0 aliphatic rings. The Morgan fingerprint density at radius 1 is 1.67 bits per heavy atom. The fourth-order valence-electron chi connectivity index (χ4n) is 1.21. The topological polar surface area (TPSA) is 58.3 Å².